The minimum atomic E-state index is 0.723. The minimum Gasteiger partial charge on any atom is -0.367 e. The molecule has 2 heterocycles. The van der Waals surface area contributed by atoms with Crippen LogP contribution in [0.15, 0.2) is 12.1 Å². The maximum Gasteiger partial charge on any atom is 0.148 e. The van der Waals surface area contributed by atoms with E-state index < -0.39 is 0 Å². The number of nitrogens with zero attached hydrogens (tertiary/aromatic N) is 2. The van der Waals surface area contributed by atoms with Gasteiger partial charge in [-0.1, -0.05) is 0 Å². The lowest BCUT2D eigenvalue weighted by molar-refractivity contribution is 0.953. The Hall–Kier alpha value is -1.98. The molecule has 0 atom stereocenters. The molecule has 2 aromatic heterocycles. The van der Waals surface area contributed by atoms with Crippen molar-refractivity contribution in [2.45, 2.75) is 37.5 Å². The fraction of sp³-hybridized carbons (Fsp3) is 0.571. The second-order valence-corrected chi connectivity index (χ2v) is 5.82. The van der Waals surface area contributed by atoms with Crippen molar-refractivity contribution in [3.63, 3.8) is 0 Å². The van der Waals surface area contributed by atoms with Crippen LogP contribution in [-0.2, 0) is 0 Å². The Morgan fingerprint density at radius 1 is 0.850 bits per heavy atom. The van der Waals surface area contributed by atoms with E-state index in [-0.39, 0.29) is 0 Å². The molecule has 2 aliphatic carbocycles. The van der Waals surface area contributed by atoms with Gasteiger partial charge in [-0.2, -0.15) is 10.2 Å². The van der Waals surface area contributed by atoms with Gasteiger partial charge < -0.3 is 10.6 Å². The molecule has 2 aromatic rings. The summed E-state index contributed by atoms with van der Waals surface area (Å²) in [4.78, 5) is 0. The van der Waals surface area contributed by atoms with Gasteiger partial charge in [0.1, 0.15) is 11.6 Å². The van der Waals surface area contributed by atoms with Gasteiger partial charge in [0.15, 0.2) is 0 Å². The first-order valence-corrected chi connectivity index (χ1v) is 7.47. The first-order chi connectivity index (χ1) is 9.88. The van der Waals surface area contributed by atoms with Gasteiger partial charge in [-0.05, 0) is 25.7 Å². The molecule has 0 unspecified atom stereocenters. The monoisotopic (exact) mass is 272 g/mol. The summed E-state index contributed by atoms with van der Waals surface area (Å²) in [6.07, 6.45) is 5.19. The zero-order chi connectivity index (χ0) is 13.4. The van der Waals surface area contributed by atoms with Crippen LogP contribution in [0.2, 0.25) is 0 Å². The van der Waals surface area contributed by atoms with Crippen LogP contribution in [0, 0.1) is 0 Å². The second-order valence-electron chi connectivity index (χ2n) is 5.82. The second kappa shape index (κ2) is 4.85. The van der Waals surface area contributed by atoms with Crippen LogP contribution in [0.1, 0.15) is 48.9 Å². The summed E-state index contributed by atoms with van der Waals surface area (Å²) < 4.78 is 0. The largest absolute Gasteiger partial charge is 0.367 e. The number of anilines is 2. The molecule has 2 aliphatic rings. The highest BCUT2D eigenvalue weighted by Gasteiger charge is 2.26. The maximum absolute atomic E-state index is 4.27. The van der Waals surface area contributed by atoms with E-state index in [1.165, 1.54) is 37.1 Å². The first kappa shape index (κ1) is 11.8. The fourth-order valence-corrected chi connectivity index (χ4v) is 2.44. The molecule has 4 rings (SSSR count). The predicted molar refractivity (Wildman–Crippen MR) is 78.1 cm³/mol. The lowest BCUT2D eigenvalue weighted by atomic mass is 10.3. The molecule has 0 aromatic carbocycles. The van der Waals surface area contributed by atoms with Crippen LogP contribution < -0.4 is 10.6 Å². The number of H-pyrrole nitrogens is 2. The molecular formula is C14H20N6. The SMILES string of the molecule is c1c(NCCNc2cc(C3CC3)[nH]n2)n[nH]c1C1CC1. The molecule has 6 heteroatoms. The average molecular weight is 272 g/mol. The van der Waals surface area contributed by atoms with Crippen molar-refractivity contribution < 1.29 is 0 Å². The molecule has 0 bridgehead atoms. The van der Waals surface area contributed by atoms with Crippen LogP contribution >= 0.6 is 0 Å². The Labute approximate surface area is 117 Å². The fourth-order valence-electron chi connectivity index (χ4n) is 2.44. The smallest absolute Gasteiger partial charge is 0.148 e. The van der Waals surface area contributed by atoms with E-state index in [1.54, 1.807) is 0 Å². The molecule has 20 heavy (non-hydrogen) atoms. The van der Waals surface area contributed by atoms with Gasteiger partial charge in [-0.25, -0.2) is 0 Å². The van der Waals surface area contributed by atoms with Gasteiger partial charge in [0.25, 0.3) is 0 Å². The Balaban J connectivity index is 1.21. The maximum atomic E-state index is 4.27. The van der Waals surface area contributed by atoms with E-state index >= 15 is 0 Å². The van der Waals surface area contributed by atoms with Crippen LogP contribution in [0.4, 0.5) is 11.6 Å². The Kier molecular flexibility index (Phi) is 2.86. The van der Waals surface area contributed by atoms with Crippen LogP contribution in [0.5, 0.6) is 0 Å². The minimum absolute atomic E-state index is 0.723. The van der Waals surface area contributed by atoms with Crippen molar-refractivity contribution in [2.24, 2.45) is 0 Å². The third-order valence-electron chi connectivity index (χ3n) is 3.97. The van der Waals surface area contributed by atoms with Gasteiger partial charge in [-0.15, -0.1) is 0 Å². The summed E-state index contributed by atoms with van der Waals surface area (Å²) in [5.41, 5.74) is 2.53. The van der Waals surface area contributed by atoms with Gasteiger partial charge in [0.2, 0.25) is 0 Å². The predicted octanol–water partition coefficient (Wildman–Crippen LogP) is 2.41. The topological polar surface area (TPSA) is 81.4 Å². The molecule has 0 saturated heterocycles. The highest BCUT2D eigenvalue weighted by Crippen LogP contribution is 2.40. The number of nitrogens with one attached hydrogen (secondary N) is 4. The lowest BCUT2D eigenvalue weighted by Crippen LogP contribution is -2.13. The molecule has 2 fully saturated rings. The quantitative estimate of drug-likeness (QED) is 0.583. The number of hydrogen-bond acceptors (Lipinski definition) is 4. The molecule has 106 valence electrons. The highest BCUT2D eigenvalue weighted by atomic mass is 15.2. The van der Waals surface area contributed by atoms with Crippen molar-refractivity contribution in [3.8, 4) is 0 Å². The molecular weight excluding hydrogens is 252 g/mol. The van der Waals surface area contributed by atoms with Crippen LogP contribution in [-0.4, -0.2) is 33.5 Å². The van der Waals surface area contributed by atoms with Crippen molar-refractivity contribution in [3.05, 3.63) is 23.5 Å². The van der Waals surface area contributed by atoms with E-state index in [4.69, 9.17) is 0 Å². The Morgan fingerprint density at radius 2 is 1.30 bits per heavy atom. The molecule has 0 spiro atoms. The molecule has 4 N–H and O–H groups in total. The van der Waals surface area contributed by atoms with Crippen molar-refractivity contribution in [2.75, 3.05) is 23.7 Å². The van der Waals surface area contributed by atoms with Gasteiger partial charge in [0.05, 0.1) is 0 Å². The Bertz CT molecular complexity index is 526. The molecule has 0 radical (unpaired) electrons. The van der Waals surface area contributed by atoms with E-state index in [9.17, 15) is 0 Å². The van der Waals surface area contributed by atoms with Gasteiger partial charge in [0, 0.05) is 48.4 Å². The van der Waals surface area contributed by atoms with Crippen LogP contribution in [0.25, 0.3) is 0 Å². The van der Waals surface area contributed by atoms with Crippen molar-refractivity contribution in [1.29, 1.82) is 0 Å². The summed E-state index contributed by atoms with van der Waals surface area (Å²) in [5, 5.41) is 21.4. The van der Waals surface area contributed by atoms with Gasteiger partial charge in [-0.3, -0.25) is 10.2 Å². The zero-order valence-corrected chi connectivity index (χ0v) is 11.4. The van der Waals surface area contributed by atoms with E-state index in [2.05, 4.69) is 43.2 Å². The summed E-state index contributed by atoms with van der Waals surface area (Å²) >= 11 is 0. The zero-order valence-electron chi connectivity index (χ0n) is 11.4. The van der Waals surface area contributed by atoms with Crippen molar-refractivity contribution in [1.82, 2.24) is 20.4 Å². The number of hydrogen-bond donors (Lipinski definition) is 4. The number of rotatable bonds is 7. The molecule has 2 saturated carbocycles. The van der Waals surface area contributed by atoms with E-state index in [0.29, 0.717) is 0 Å². The Morgan fingerprint density at radius 3 is 1.70 bits per heavy atom. The average Bonchev–Trinajstić information content (AvgIpc) is 3.39. The number of aromatic amines is 2. The lowest BCUT2D eigenvalue weighted by Gasteiger charge is -2.03. The first-order valence-electron chi connectivity index (χ1n) is 7.47. The van der Waals surface area contributed by atoms with E-state index in [0.717, 1.165) is 36.6 Å². The van der Waals surface area contributed by atoms with E-state index in [1.807, 2.05) is 0 Å². The normalized spacial score (nSPS) is 18.2. The van der Waals surface area contributed by atoms with Crippen molar-refractivity contribution >= 4 is 11.6 Å². The standard InChI is InChI=1S/C14H20N6/c1-2-9(1)11-7-13(19-17-11)15-5-6-16-14-8-12(18-20-14)10-3-4-10/h7-10H,1-6H2,(H2,15,17,19)(H2,16,18,20). The summed E-state index contributed by atoms with van der Waals surface area (Å²) in [7, 11) is 0. The van der Waals surface area contributed by atoms with Crippen LogP contribution in [0.3, 0.4) is 0 Å². The molecule has 6 nitrogen and oxygen atoms in total. The highest BCUT2D eigenvalue weighted by molar-refractivity contribution is 5.39. The summed E-state index contributed by atoms with van der Waals surface area (Å²) in [5.74, 6) is 3.32. The third-order valence-corrected chi connectivity index (χ3v) is 3.97. The molecule has 0 amide bonds. The van der Waals surface area contributed by atoms with Gasteiger partial charge >= 0.3 is 0 Å². The molecule has 0 aliphatic heterocycles. The third kappa shape index (κ3) is 2.64. The summed E-state index contributed by atoms with van der Waals surface area (Å²) in [6, 6.07) is 4.24. The summed E-state index contributed by atoms with van der Waals surface area (Å²) in [6.45, 7) is 1.67. The number of aromatic nitrogens is 4.